The third kappa shape index (κ3) is 8.86. The molecule has 0 radical (unpaired) electrons. The molecule has 12 heteroatoms. The Hall–Kier alpha value is -3.25. The Bertz CT molecular complexity index is 760. The third-order valence-corrected chi connectivity index (χ3v) is 4.04. The highest BCUT2D eigenvalue weighted by Crippen LogP contribution is 2.16. The summed E-state index contributed by atoms with van der Waals surface area (Å²) in [5.74, 6) is -0.331. The Kier molecular flexibility index (Phi) is 10.3. The molecule has 2 rings (SSSR count). The summed E-state index contributed by atoms with van der Waals surface area (Å²) in [6.45, 7) is 8.83. The van der Waals surface area contributed by atoms with Gasteiger partial charge in [-0.3, -0.25) is 15.0 Å². The molecule has 1 aliphatic heterocycles. The minimum Gasteiger partial charge on any atom is -0.460 e. The van der Waals surface area contributed by atoms with Gasteiger partial charge < -0.3 is 23.8 Å². The first kappa shape index (κ1) is 25.0. The number of carbonyl (C=O) groups excluding carboxylic acids is 2. The number of hydrogen-bond acceptors (Lipinski definition) is 10. The molecule has 0 bridgehead atoms. The summed E-state index contributed by atoms with van der Waals surface area (Å²) < 4.78 is 22.0. The standard InChI is InChI=1S/C20H30N6O6/c1-5-10-30-18-21-19(31-11-6-2)23-20(22-18)32-14-15-13-26(9-12-29-15)17(28)8-7-16(27)24-25(3)4/h5-6,15H,1-2,7-14H2,3-4H3,(H,24,27). The lowest BCUT2D eigenvalue weighted by atomic mass is 10.2. The van der Waals surface area contributed by atoms with Gasteiger partial charge in [0.2, 0.25) is 11.8 Å². The van der Waals surface area contributed by atoms with Crippen LogP contribution in [0.25, 0.3) is 0 Å². The molecule has 2 heterocycles. The van der Waals surface area contributed by atoms with Gasteiger partial charge in [0.05, 0.1) is 13.2 Å². The van der Waals surface area contributed by atoms with E-state index < -0.39 is 0 Å². The fourth-order valence-corrected chi connectivity index (χ4v) is 2.68. The number of nitrogens with zero attached hydrogens (tertiary/aromatic N) is 5. The molecular weight excluding hydrogens is 420 g/mol. The summed E-state index contributed by atoms with van der Waals surface area (Å²) >= 11 is 0. The average Bonchev–Trinajstić information content (AvgIpc) is 2.78. The zero-order valence-electron chi connectivity index (χ0n) is 18.5. The van der Waals surface area contributed by atoms with Crippen molar-refractivity contribution in [3.63, 3.8) is 0 Å². The van der Waals surface area contributed by atoms with E-state index in [2.05, 4.69) is 33.5 Å². The van der Waals surface area contributed by atoms with E-state index in [0.29, 0.717) is 19.7 Å². The smallest absolute Gasteiger partial charge is 0.326 e. The van der Waals surface area contributed by atoms with E-state index in [0.717, 1.165) is 0 Å². The lowest BCUT2D eigenvalue weighted by Crippen LogP contribution is -2.48. The molecule has 1 saturated heterocycles. The van der Waals surface area contributed by atoms with E-state index >= 15 is 0 Å². The fraction of sp³-hybridized carbons (Fsp3) is 0.550. The van der Waals surface area contributed by atoms with Gasteiger partial charge in [-0.15, -0.1) is 15.0 Å². The number of morpholine rings is 1. The highest BCUT2D eigenvalue weighted by molar-refractivity contribution is 5.83. The molecular formula is C20H30N6O6. The van der Waals surface area contributed by atoms with E-state index in [4.69, 9.17) is 18.9 Å². The monoisotopic (exact) mass is 450 g/mol. The van der Waals surface area contributed by atoms with Crippen LogP contribution in [0.4, 0.5) is 0 Å². The van der Waals surface area contributed by atoms with Gasteiger partial charge in [0.15, 0.2) is 0 Å². The highest BCUT2D eigenvalue weighted by atomic mass is 16.6. The van der Waals surface area contributed by atoms with Gasteiger partial charge in [0.1, 0.15) is 25.9 Å². The van der Waals surface area contributed by atoms with Gasteiger partial charge in [-0.1, -0.05) is 25.3 Å². The Morgan fingerprint density at radius 2 is 1.69 bits per heavy atom. The van der Waals surface area contributed by atoms with Crippen molar-refractivity contribution in [2.75, 3.05) is 53.6 Å². The Morgan fingerprint density at radius 3 is 2.25 bits per heavy atom. The van der Waals surface area contributed by atoms with Crippen LogP contribution >= 0.6 is 0 Å². The van der Waals surface area contributed by atoms with E-state index in [1.54, 1.807) is 31.1 Å². The molecule has 1 N–H and O–H groups in total. The average molecular weight is 450 g/mol. The zero-order valence-corrected chi connectivity index (χ0v) is 18.5. The minimum absolute atomic E-state index is 0.00512. The van der Waals surface area contributed by atoms with Crippen LogP contribution in [0.2, 0.25) is 0 Å². The number of amides is 2. The second-order valence-electron chi connectivity index (χ2n) is 6.96. The first-order valence-corrected chi connectivity index (χ1v) is 10.1. The van der Waals surface area contributed by atoms with Crippen LogP contribution in [0, 0.1) is 0 Å². The van der Waals surface area contributed by atoms with Crippen LogP contribution in [0.5, 0.6) is 18.0 Å². The fourth-order valence-electron chi connectivity index (χ4n) is 2.68. The number of hydrazine groups is 1. The van der Waals surface area contributed by atoms with Gasteiger partial charge in [0, 0.05) is 33.5 Å². The van der Waals surface area contributed by atoms with Crippen LogP contribution < -0.4 is 19.6 Å². The zero-order chi connectivity index (χ0) is 23.3. The van der Waals surface area contributed by atoms with E-state index in [9.17, 15) is 9.59 Å². The molecule has 1 aliphatic rings. The van der Waals surface area contributed by atoms with Gasteiger partial charge >= 0.3 is 18.0 Å². The molecule has 0 aliphatic carbocycles. The van der Waals surface area contributed by atoms with Gasteiger partial charge in [0.25, 0.3) is 0 Å². The van der Waals surface area contributed by atoms with Crippen LogP contribution in [0.3, 0.4) is 0 Å². The van der Waals surface area contributed by atoms with Crippen molar-refractivity contribution < 1.29 is 28.5 Å². The van der Waals surface area contributed by atoms with Gasteiger partial charge in [-0.05, 0) is 0 Å². The minimum atomic E-state index is -0.379. The molecule has 12 nitrogen and oxygen atoms in total. The maximum Gasteiger partial charge on any atom is 0.326 e. The molecule has 0 spiro atoms. The maximum atomic E-state index is 12.5. The van der Waals surface area contributed by atoms with Crippen molar-refractivity contribution in [1.82, 2.24) is 30.3 Å². The maximum absolute atomic E-state index is 12.5. The van der Waals surface area contributed by atoms with E-state index in [1.165, 1.54) is 5.01 Å². The number of aromatic nitrogens is 3. The number of ether oxygens (including phenoxy) is 4. The van der Waals surface area contributed by atoms with Crippen LogP contribution in [0.15, 0.2) is 25.3 Å². The van der Waals surface area contributed by atoms with Crippen molar-refractivity contribution >= 4 is 11.8 Å². The number of nitrogens with one attached hydrogen (secondary N) is 1. The molecule has 1 aromatic rings. The topological polar surface area (TPSA) is 128 Å². The molecule has 0 aromatic carbocycles. The molecule has 1 atom stereocenters. The predicted octanol–water partition coefficient (Wildman–Crippen LogP) is -0.0196. The van der Waals surface area contributed by atoms with Crippen molar-refractivity contribution in [1.29, 1.82) is 0 Å². The van der Waals surface area contributed by atoms with Crippen LogP contribution in [-0.4, -0.2) is 96.4 Å². The molecule has 0 saturated carbocycles. The molecule has 1 unspecified atom stereocenters. The molecule has 1 aromatic heterocycles. The number of hydrogen-bond donors (Lipinski definition) is 1. The van der Waals surface area contributed by atoms with Crippen LogP contribution in [-0.2, 0) is 14.3 Å². The van der Waals surface area contributed by atoms with Crippen molar-refractivity contribution in [3.8, 4) is 18.0 Å². The Balaban J connectivity index is 1.89. The quantitative estimate of drug-likeness (QED) is 0.323. The second kappa shape index (κ2) is 13.2. The summed E-state index contributed by atoms with van der Waals surface area (Å²) in [7, 11) is 3.42. The van der Waals surface area contributed by atoms with Gasteiger partial charge in [-0.2, -0.15) is 0 Å². The summed E-state index contributed by atoms with van der Waals surface area (Å²) in [5, 5.41) is 1.54. The first-order valence-electron chi connectivity index (χ1n) is 10.1. The van der Waals surface area contributed by atoms with Crippen LogP contribution in [0.1, 0.15) is 12.8 Å². The predicted molar refractivity (Wildman–Crippen MR) is 114 cm³/mol. The molecule has 2 amide bonds. The largest absolute Gasteiger partial charge is 0.460 e. The van der Waals surface area contributed by atoms with Crippen molar-refractivity contribution in [2.24, 2.45) is 0 Å². The first-order chi connectivity index (χ1) is 15.4. The summed E-state index contributed by atoms with van der Waals surface area (Å²) in [6, 6.07) is 0.0724. The Labute approximate surface area is 187 Å². The highest BCUT2D eigenvalue weighted by Gasteiger charge is 2.25. The summed E-state index contributed by atoms with van der Waals surface area (Å²) in [6.07, 6.45) is 2.96. The number of rotatable bonds is 13. The second-order valence-corrected chi connectivity index (χ2v) is 6.96. The third-order valence-electron chi connectivity index (χ3n) is 4.04. The van der Waals surface area contributed by atoms with E-state index in [1.807, 2.05) is 0 Å². The number of carbonyl (C=O) groups is 2. The SMILES string of the molecule is C=CCOc1nc(OCC=C)nc(OCC2CN(C(=O)CCC(=O)NN(C)C)CCO2)n1. The summed E-state index contributed by atoms with van der Waals surface area (Å²) in [4.78, 5) is 38.0. The van der Waals surface area contributed by atoms with Gasteiger partial charge in [-0.25, -0.2) is 5.01 Å². The van der Waals surface area contributed by atoms with E-state index in [-0.39, 0.29) is 68.6 Å². The summed E-state index contributed by atoms with van der Waals surface area (Å²) in [5.41, 5.74) is 2.61. The Morgan fingerprint density at radius 1 is 1.09 bits per heavy atom. The lowest BCUT2D eigenvalue weighted by Gasteiger charge is -2.32. The normalized spacial score (nSPS) is 15.7. The van der Waals surface area contributed by atoms with Crippen molar-refractivity contribution in [3.05, 3.63) is 25.3 Å². The molecule has 176 valence electrons. The molecule has 1 fully saturated rings. The lowest BCUT2D eigenvalue weighted by molar-refractivity contribution is -0.141. The van der Waals surface area contributed by atoms with Crippen molar-refractivity contribution in [2.45, 2.75) is 18.9 Å². The molecule has 32 heavy (non-hydrogen) atoms.